The first-order valence-electron chi connectivity index (χ1n) is 5.11. The molecule has 1 rings (SSSR count). The van der Waals surface area contributed by atoms with E-state index in [1.54, 1.807) is 0 Å². The normalized spacial score (nSPS) is 10.1. The van der Waals surface area contributed by atoms with Crippen LogP contribution >= 0.6 is 12.8 Å². The number of anilines is 1. The van der Waals surface area contributed by atoms with Crippen LogP contribution in [-0.2, 0) is 4.79 Å². The molecule has 0 atom stereocenters. The average molecular weight is 239 g/mol. The van der Waals surface area contributed by atoms with E-state index in [2.05, 4.69) is 24.2 Å². The van der Waals surface area contributed by atoms with E-state index in [9.17, 15) is 4.79 Å². The van der Waals surface area contributed by atoms with Crippen molar-refractivity contribution in [2.45, 2.75) is 6.92 Å². The van der Waals surface area contributed by atoms with Crippen LogP contribution in [0.25, 0.3) is 0 Å². The third-order valence-electron chi connectivity index (χ3n) is 2.10. The number of thiol groups is 1. The van der Waals surface area contributed by atoms with E-state index in [0.29, 0.717) is 13.1 Å². The van der Waals surface area contributed by atoms with Gasteiger partial charge < -0.3 is 15.4 Å². The maximum Gasteiger partial charge on any atom is 0.231 e. The molecular weight excluding hydrogens is 222 g/mol. The van der Waals surface area contributed by atoms with E-state index < -0.39 is 0 Å². The molecule has 0 unspecified atom stereocenters. The zero-order valence-electron chi connectivity index (χ0n) is 9.31. The smallest absolute Gasteiger partial charge is 0.231 e. The largest absolute Gasteiger partial charge is 0.369 e. The van der Waals surface area contributed by atoms with Crippen LogP contribution in [0.2, 0.25) is 0 Å². The molecule has 0 saturated heterocycles. The van der Waals surface area contributed by atoms with Crippen LogP contribution in [0.15, 0.2) is 24.3 Å². The Morgan fingerprint density at radius 3 is 2.94 bits per heavy atom. The van der Waals surface area contributed by atoms with Crippen LogP contribution in [-0.4, -0.2) is 25.5 Å². The Morgan fingerprint density at radius 1 is 1.56 bits per heavy atom. The Bertz CT molecular complexity index is 357. The van der Waals surface area contributed by atoms with Crippen LogP contribution in [0.4, 0.5) is 5.69 Å². The van der Waals surface area contributed by atoms with Crippen molar-refractivity contribution in [2.75, 3.05) is 23.9 Å². The zero-order valence-corrected chi connectivity index (χ0v) is 10.2. The molecule has 0 aromatic heterocycles. The summed E-state index contributed by atoms with van der Waals surface area (Å²) in [7, 11) is 0. The Hall–Kier alpha value is -1.20. The highest BCUT2D eigenvalue weighted by molar-refractivity contribution is 7.81. The lowest BCUT2D eigenvalue weighted by Gasteiger charge is -2.18. The second-order valence-electron chi connectivity index (χ2n) is 3.61. The molecule has 0 saturated carbocycles. The molecule has 1 aromatic carbocycles. The Morgan fingerprint density at radius 2 is 2.31 bits per heavy atom. The molecule has 5 heteroatoms. The average Bonchev–Trinajstić information content (AvgIpc) is 2.24. The highest BCUT2D eigenvalue weighted by Gasteiger charge is 2.01. The number of carbonyl (C=O) groups excluding carboxylic acids is 1. The lowest BCUT2D eigenvalue weighted by atomic mass is 10.2. The van der Waals surface area contributed by atoms with Crippen molar-refractivity contribution in [3.05, 3.63) is 29.8 Å². The molecule has 0 radical (unpaired) electrons. The lowest BCUT2D eigenvalue weighted by molar-refractivity contribution is -0.117. The monoisotopic (exact) mass is 239 g/mol. The van der Waals surface area contributed by atoms with Crippen molar-refractivity contribution in [1.29, 1.82) is 0 Å². The van der Waals surface area contributed by atoms with Gasteiger partial charge in [0.15, 0.2) is 0 Å². The molecule has 3 N–H and O–H groups in total. The van der Waals surface area contributed by atoms with Gasteiger partial charge in [-0.25, -0.2) is 0 Å². The second-order valence-corrected chi connectivity index (χ2v) is 4.09. The van der Waals surface area contributed by atoms with E-state index in [1.165, 1.54) is 5.56 Å². The summed E-state index contributed by atoms with van der Waals surface area (Å²) in [4.78, 5) is 10.5. The van der Waals surface area contributed by atoms with Gasteiger partial charge in [-0.3, -0.25) is 4.79 Å². The number of benzene rings is 1. The molecule has 88 valence electrons. The number of aryl methyl sites for hydroxylation is 1. The lowest BCUT2D eigenvalue weighted by Crippen LogP contribution is -2.33. The van der Waals surface area contributed by atoms with Gasteiger partial charge in [-0.05, 0) is 24.6 Å². The van der Waals surface area contributed by atoms with Crippen molar-refractivity contribution in [3.63, 3.8) is 0 Å². The topological polar surface area (TPSA) is 58.4 Å². The summed E-state index contributed by atoms with van der Waals surface area (Å²) in [5, 5.41) is 2.94. The zero-order chi connectivity index (χ0) is 12.0. The van der Waals surface area contributed by atoms with Gasteiger partial charge in [0.25, 0.3) is 0 Å². The van der Waals surface area contributed by atoms with Gasteiger partial charge in [-0.1, -0.05) is 24.9 Å². The number of amides is 1. The van der Waals surface area contributed by atoms with Crippen LogP contribution in [0, 0.1) is 6.92 Å². The fourth-order valence-electron chi connectivity index (χ4n) is 1.31. The molecule has 1 amide bonds. The number of rotatable bonds is 6. The number of nitrogens with one attached hydrogen (secondary N) is 1. The molecule has 0 aliphatic carbocycles. The third-order valence-corrected chi connectivity index (χ3v) is 2.53. The van der Waals surface area contributed by atoms with Gasteiger partial charge in [-0.15, -0.1) is 0 Å². The molecule has 0 bridgehead atoms. The van der Waals surface area contributed by atoms with Crippen LogP contribution < -0.4 is 15.4 Å². The maximum atomic E-state index is 10.5. The number of primary amides is 1. The Kier molecular flexibility index (Phi) is 5.14. The van der Waals surface area contributed by atoms with Gasteiger partial charge in [0.2, 0.25) is 5.91 Å². The molecule has 16 heavy (non-hydrogen) atoms. The number of hydrogen-bond donors (Lipinski definition) is 3. The summed E-state index contributed by atoms with van der Waals surface area (Å²) in [6.07, 6.45) is 0. The van der Waals surface area contributed by atoms with Crippen molar-refractivity contribution in [2.24, 2.45) is 5.73 Å². The fourth-order valence-corrected chi connectivity index (χ4v) is 1.54. The molecule has 0 heterocycles. The third kappa shape index (κ3) is 4.55. The van der Waals surface area contributed by atoms with Crippen LogP contribution in [0.1, 0.15) is 5.56 Å². The minimum absolute atomic E-state index is 0.204. The second kappa shape index (κ2) is 6.40. The first kappa shape index (κ1) is 12.9. The van der Waals surface area contributed by atoms with E-state index in [-0.39, 0.29) is 12.5 Å². The summed E-state index contributed by atoms with van der Waals surface area (Å²) in [5.74, 6) is -0.346. The predicted octanol–water partition coefficient (Wildman–Crippen LogP) is 0.721. The van der Waals surface area contributed by atoms with Crippen LogP contribution in [0.5, 0.6) is 0 Å². The number of nitrogens with zero attached hydrogens (tertiary/aromatic N) is 1. The number of carbonyl (C=O) groups is 1. The molecule has 0 aliphatic heterocycles. The number of hydrogen-bond acceptors (Lipinski definition) is 4. The summed E-state index contributed by atoms with van der Waals surface area (Å²) in [5.41, 5.74) is 7.25. The van der Waals surface area contributed by atoms with Crippen molar-refractivity contribution >= 4 is 24.4 Å². The maximum absolute atomic E-state index is 10.5. The van der Waals surface area contributed by atoms with Gasteiger partial charge in [0, 0.05) is 18.8 Å². The standard InChI is InChI=1S/C11H17N3OS/c1-9-3-2-4-10(7-9)14(16)6-5-13-8-11(12)15/h2-4,7,13,16H,5-6,8H2,1H3,(H2,12,15). The molecule has 4 nitrogen and oxygen atoms in total. The van der Waals surface area contributed by atoms with Crippen LogP contribution in [0.3, 0.4) is 0 Å². The quantitative estimate of drug-likeness (QED) is 0.506. The van der Waals surface area contributed by atoms with E-state index >= 15 is 0 Å². The molecule has 0 fully saturated rings. The minimum atomic E-state index is -0.346. The van der Waals surface area contributed by atoms with Gasteiger partial charge in [0.1, 0.15) is 0 Å². The van der Waals surface area contributed by atoms with Crippen molar-refractivity contribution < 1.29 is 4.79 Å². The predicted molar refractivity (Wildman–Crippen MR) is 69.6 cm³/mol. The fraction of sp³-hybridized carbons (Fsp3) is 0.364. The van der Waals surface area contributed by atoms with Crippen molar-refractivity contribution in [3.8, 4) is 0 Å². The first-order valence-corrected chi connectivity index (χ1v) is 5.51. The summed E-state index contributed by atoms with van der Waals surface area (Å²) >= 11 is 4.37. The molecular formula is C11H17N3OS. The Balaban J connectivity index is 2.35. The first-order chi connectivity index (χ1) is 7.59. The van der Waals surface area contributed by atoms with E-state index in [0.717, 1.165) is 5.69 Å². The molecule has 1 aromatic rings. The van der Waals surface area contributed by atoms with Gasteiger partial charge in [0.05, 0.1) is 6.54 Å². The van der Waals surface area contributed by atoms with E-state index in [4.69, 9.17) is 5.73 Å². The summed E-state index contributed by atoms with van der Waals surface area (Å²) < 4.78 is 1.83. The molecule has 0 spiro atoms. The summed E-state index contributed by atoms with van der Waals surface area (Å²) in [6, 6.07) is 8.08. The molecule has 0 aliphatic rings. The highest BCUT2D eigenvalue weighted by Crippen LogP contribution is 2.16. The highest BCUT2D eigenvalue weighted by atomic mass is 32.1. The number of nitrogens with two attached hydrogens (primary N) is 1. The van der Waals surface area contributed by atoms with Crippen molar-refractivity contribution in [1.82, 2.24) is 5.32 Å². The van der Waals surface area contributed by atoms with Gasteiger partial charge >= 0.3 is 0 Å². The SMILES string of the molecule is Cc1cccc(N(S)CCNCC(N)=O)c1. The van der Waals surface area contributed by atoms with E-state index in [1.807, 2.05) is 29.4 Å². The summed E-state index contributed by atoms with van der Waals surface area (Å²) in [6.45, 7) is 3.62. The van der Waals surface area contributed by atoms with Gasteiger partial charge in [-0.2, -0.15) is 0 Å². The minimum Gasteiger partial charge on any atom is -0.369 e. The Labute approximate surface area is 101 Å².